The van der Waals surface area contributed by atoms with Gasteiger partial charge in [0, 0.05) is 6.54 Å². The van der Waals surface area contributed by atoms with Crippen molar-refractivity contribution < 1.29 is 22.5 Å². The first-order valence-electron chi connectivity index (χ1n) is 6.20. The van der Waals surface area contributed by atoms with E-state index in [1.54, 1.807) is 0 Å². The van der Waals surface area contributed by atoms with Crippen molar-refractivity contribution in [3.05, 3.63) is 28.3 Å². The fourth-order valence-electron chi connectivity index (χ4n) is 1.58. The number of nitro benzene ring substituents is 1. The molecule has 0 spiro atoms. The van der Waals surface area contributed by atoms with Crippen LogP contribution in [0, 0.1) is 10.1 Å². The fraction of sp³-hybridized carbons (Fsp3) is 0.500. The number of anilines is 2. The van der Waals surface area contributed by atoms with E-state index in [-0.39, 0.29) is 11.4 Å². The van der Waals surface area contributed by atoms with Crippen LogP contribution in [-0.2, 0) is 0 Å². The molecule has 1 aromatic rings. The molecule has 5 nitrogen and oxygen atoms in total. The Morgan fingerprint density at radius 3 is 2.33 bits per heavy atom. The lowest BCUT2D eigenvalue weighted by Crippen LogP contribution is -2.35. The van der Waals surface area contributed by atoms with E-state index in [0.29, 0.717) is 13.0 Å². The highest BCUT2D eigenvalue weighted by Gasteiger charge is 2.40. The second-order valence-electron chi connectivity index (χ2n) is 4.30. The number of benzene rings is 1. The van der Waals surface area contributed by atoms with Crippen LogP contribution in [0.1, 0.15) is 13.3 Å². The molecule has 9 heteroatoms. The molecule has 0 aliphatic heterocycles. The molecule has 2 N–H and O–H groups in total. The van der Waals surface area contributed by atoms with Crippen LogP contribution in [0.15, 0.2) is 18.2 Å². The molecule has 118 valence electrons. The molecule has 0 aliphatic rings. The summed E-state index contributed by atoms with van der Waals surface area (Å²) < 4.78 is 49.9. The van der Waals surface area contributed by atoms with Gasteiger partial charge in [0.25, 0.3) is 0 Å². The first kappa shape index (κ1) is 17.0. The van der Waals surface area contributed by atoms with Crippen LogP contribution in [-0.4, -0.2) is 30.4 Å². The van der Waals surface area contributed by atoms with Crippen LogP contribution < -0.4 is 10.6 Å². The minimum absolute atomic E-state index is 0.146. The lowest BCUT2D eigenvalue weighted by molar-refractivity contribution is -0.383. The summed E-state index contributed by atoms with van der Waals surface area (Å²) in [6.45, 7) is 0.921. The van der Waals surface area contributed by atoms with Gasteiger partial charge in [0.1, 0.15) is 11.4 Å². The predicted octanol–water partition coefficient (Wildman–Crippen LogP) is 3.73. The summed E-state index contributed by atoms with van der Waals surface area (Å²) in [5, 5.41) is 15.9. The van der Waals surface area contributed by atoms with Crippen LogP contribution in [0.25, 0.3) is 0 Å². The monoisotopic (exact) mass is 309 g/mol. The molecule has 0 radical (unpaired) electrons. The molecule has 0 saturated carbocycles. The van der Waals surface area contributed by atoms with Gasteiger partial charge >= 0.3 is 18.0 Å². The van der Waals surface area contributed by atoms with Gasteiger partial charge in [-0.25, -0.2) is 8.78 Å². The zero-order valence-electron chi connectivity index (χ0n) is 11.2. The van der Waals surface area contributed by atoms with Crippen LogP contribution in [0.2, 0.25) is 0 Å². The number of para-hydroxylation sites is 1. The lowest BCUT2D eigenvalue weighted by Gasteiger charge is -2.17. The van der Waals surface area contributed by atoms with Crippen molar-refractivity contribution in [2.24, 2.45) is 0 Å². The maximum absolute atomic E-state index is 12.9. The maximum atomic E-state index is 12.9. The third kappa shape index (κ3) is 4.47. The Hall–Kier alpha value is -2.06. The molecule has 0 saturated heterocycles. The first-order chi connectivity index (χ1) is 9.79. The van der Waals surface area contributed by atoms with Gasteiger partial charge in [0.2, 0.25) is 0 Å². The molecule has 0 aromatic heterocycles. The summed E-state index contributed by atoms with van der Waals surface area (Å²) in [4.78, 5) is 10.3. The molecule has 0 atom stereocenters. The Kier molecular flexibility index (Phi) is 5.74. The van der Waals surface area contributed by atoms with E-state index >= 15 is 0 Å². The molecule has 1 aromatic carbocycles. The van der Waals surface area contributed by atoms with Crippen molar-refractivity contribution in [3.63, 3.8) is 0 Å². The molecule has 0 aliphatic carbocycles. The zero-order chi connectivity index (χ0) is 16.0. The molecule has 0 fully saturated rings. The normalized spacial score (nSPS) is 11.5. The maximum Gasteiger partial charge on any atom is 0.324 e. The fourth-order valence-corrected chi connectivity index (χ4v) is 1.58. The first-order valence-corrected chi connectivity index (χ1v) is 6.20. The van der Waals surface area contributed by atoms with Gasteiger partial charge in [-0.1, -0.05) is 13.0 Å². The van der Waals surface area contributed by atoms with Gasteiger partial charge in [0.05, 0.1) is 11.5 Å². The standard InChI is InChI=1S/C12H15F4N3O2/c1-2-6-17-8-4-3-5-9(10(8)19(20)21)18-7-12(15,16)11(13)14/h3-5,11,17-18H,2,6-7H2,1H3. The number of nitrogens with zero attached hydrogens (tertiary/aromatic N) is 1. The highest BCUT2D eigenvalue weighted by molar-refractivity contribution is 5.76. The third-order valence-corrected chi connectivity index (χ3v) is 2.62. The topological polar surface area (TPSA) is 67.2 Å². The van der Waals surface area contributed by atoms with E-state index in [1.165, 1.54) is 18.2 Å². The highest BCUT2D eigenvalue weighted by atomic mass is 19.3. The number of nitro groups is 1. The summed E-state index contributed by atoms with van der Waals surface area (Å²) in [5.41, 5.74) is -0.537. The smallest absolute Gasteiger partial charge is 0.324 e. The zero-order valence-corrected chi connectivity index (χ0v) is 11.2. The van der Waals surface area contributed by atoms with Crippen LogP contribution in [0.5, 0.6) is 0 Å². The van der Waals surface area contributed by atoms with Gasteiger partial charge in [-0.3, -0.25) is 10.1 Å². The molecule has 21 heavy (non-hydrogen) atoms. The van der Waals surface area contributed by atoms with Crippen LogP contribution >= 0.6 is 0 Å². The van der Waals surface area contributed by atoms with Crippen molar-refractivity contribution in [1.82, 2.24) is 0 Å². The second kappa shape index (κ2) is 7.09. The number of halogens is 4. The number of hydrogen-bond acceptors (Lipinski definition) is 4. The van der Waals surface area contributed by atoms with Gasteiger partial charge in [0.15, 0.2) is 0 Å². The highest BCUT2D eigenvalue weighted by Crippen LogP contribution is 2.34. The van der Waals surface area contributed by atoms with Gasteiger partial charge in [-0.15, -0.1) is 0 Å². The Morgan fingerprint density at radius 2 is 1.86 bits per heavy atom. The molecular weight excluding hydrogens is 294 g/mol. The minimum atomic E-state index is -4.26. The van der Waals surface area contributed by atoms with E-state index in [2.05, 4.69) is 5.32 Å². The number of nitrogens with one attached hydrogen (secondary N) is 2. The predicted molar refractivity (Wildman–Crippen MR) is 71.3 cm³/mol. The molecule has 0 unspecified atom stereocenters. The van der Waals surface area contributed by atoms with E-state index in [0.717, 1.165) is 0 Å². The lowest BCUT2D eigenvalue weighted by atomic mass is 10.2. The van der Waals surface area contributed by atoms with Crippen molar-refractivity contribution in [2.45, 2.75) is 25.7 Å². The molecule has 0 bridgehead atoms. The van der Waals surface area contributed by atoms with E-state index in [9.17, 15) is 27.7 Å². The van der Waals surface area contributed by atoms with Crippen molar-refractivity contribution >= 4 is 17.1 Å². The summed E-state index contributed by atoms with van der Waals surface area (Å²) in [7, 11) is 0. The van der Waals surface area contributed by atoms with Crippen molar-refractivity contribution in [2.75, 3.05) is 23.7 Å². The summed E-state index contributed by atoms with van der Waals surface area (Å²) in [6, 6.07) is 4.02. The average Bonchev–Trinajstić information content (AvgIpc) is 2.42. The number of rotatable bonds is 8. The number of alkyl halides is 4. The van der Waals surface area contributed by atoms with Crippen molar-refractivity contribution in [1.29, 1.82) is 0 Å². The van der Waals surface area contributed by atoms with Gasteiger partial charge < -0.3 is 10.6 Å². The van der Waals surface area contributed by atoms with Gasteiger partial charge in [-0.2, -0.15) is 8.78 Å². The van der Waals surface area contributed by atoms with Crippen LogP contribution in [0.3, 0.4) is 0 Å². The summed E-state index contributed by atoms with van der Waals surface area (Å²) in [6.07, 6.45) is -3.14. The van der Waals surface area contributed by atoms with Crippen molar-refractivity contribution in [3.8, 4) is 0 Å². The Balaban J connectivity index is 2.98. The van der Waals surface area contributed by atoms with E-state index in [4.69, 9.17) is 0 Å². The quantitative estimate of drug-likeness (QED) is 0.436. The number of hydrogen-bond donors (Lipinski definition) is 2. The molecular formula is C12H15F4N3O2. The molecule has 0 amide bonds. The Labute approximate surface area is 118 Å². The molecule has 1 rings (SSSR count). The minimum Gasteiger partial charge on any atom is -0.379 e. The average molecular weight is 309 g/mol. The Bertz CT molecular complexity index is 497. The van der Waals surface area contributed by atoms with Crippen LogP contribution in [0.4, 0.5) is 34.6 Å². The SMILES string of the molecule is CCCNc1cccc(NCC(F)(F)C(F)F)c1[N+](=O)[O-]. The summed E-state index contributed by atoms with van der Waals surface area (Å²) >= 11 is 0. The van der Waals surface area contributed by atoms with E-state index in [1.807, 2.05) is 12.2 Å². The third-order valence-electron chi connectivity index (χ3n) is 2.62. The molecule has 0 heterocycles. The van der Waals surface area contributed by atoms with E-state index < -0.39 is 29.5 Å². The second-order valence-corrected chi connectivity index (χ2v) is 4.30. The summed E-state index contributed by atoms with van der Waals surface area (Å²) in [5.74, 6) is -4.26. The van der Waals surface area contributed by atoms with Gasteiger partial charge in [-0.05, 0) is 18.6 Å². The Morgan fingerprint density at radius 1 is 1.29 bits per heavy atom. The largest absolute Gasteiger partial charge is 0.379 e.